The van der Waals surface area contributed by atoms with Gasteiger partial charge in [-0.25, -0.2) is 4.79 Å². The van der Waals surface area contributed by atoms with Crippen LogP contribution in [0.15, 0.2) is 40.9 Å². The molecule has 25 heavy (non-hydrogen) atoms. The van der Waals surface area contributed by atoms with Crippen molar-refractivity contribution in [3.63, 3.8) is 0 Å². The highest BCUT2D eigenvalue weighted by atomic mass is 16.6. The molecule has 1 aromatic carbocycles. The van der Waals surface area contributed by atoms with Crippen molar-refractivity contribution in [3.05, 3.63) is 65.1 Å². The van der Waals surface area contributed by atoms with Gasteiger partial charge in [0, 0.05) is 16.7 Å². The van der Waals surface area contributed by atoms with E-state index in [0.29, 0.717) is 5.82 Å². The van der Waals surface area contributed by atoms with Gasteiger partial charge in [-0.1, -0.05) is 56.3 Å². The van der Waals surface area contributed by atoms with E-state index in [-0.39, 0.29) is 17.0 Å². The summed E-state index contributed by atoms with van der Waals surface area (Å²) >= 11 is 0. The number of hydrogen-bond donors (Lipinski definition) is 1. The Labute approximate surface area is 145 Å². The first-order valence-corrected chi connectivity index (χ1v) is 7.96. The fraction of sp³-hybridized carbons (Fsp3) is 0.333. The molecule has 0 amide bonds. The van der Waals surface area contributed by atoms with Gasteiger partial charge in [-0.15, -0.1) is 0 Å². The van der Waals surface area contributed by atoms with Crippen LogP contribution in [0.5, 0.6) is 0 Å². The molecule has 1 N–H and O–H groups in total. The molecule has 0 saturated carbocycles. The van der Waals surface area contributed by atoms with Crippen LogP contribution in [0.2, 0.25) is 0 Å². The van der Waals surface area contributed by atoms with E-state index in [0.717, 1.165) is 11.3 Å². The van der Waals surface area contributed by atoms with E-state index in [1.165, 1.54) is 0 Å². The second-order valence-electron chi connectivity index (χ2n) is 6.79. The monoisotopic (exact) mass is 340 g/mol. The van der Waals surface area contributed by atoms with Crippen LogP contribution in [0, 0.1) is 6.92 Å². The molecule has 3 aromatic rings. The maximum absolute atomic E-state index is 12.6. The standard InChI is InChI=1S/C18H20N4O3/c1-11-19-16(25-22-11)15(12-8-6-5-7-9-12)24-17(23)13-10-14(21-20-13)18(2,3)4/h5-10,15H,1-4H3,(H,20,21)/t15-/m1/s1. The largest absolute Gasteiger partial charge is 0.442 e. The molecule has 1 atom stereocenters. The van der Waals surface area contributed by atoms with Crippen LogP contribution in [-0.4, -0.2) is 26.3 Å². The Balaban J connectivity index is 1.88. The van der Waals surface area contributed by atoms with Crippen molar-refractivity contribution in [2.75, 3.05) is 0 Å². The predicted molar refractivity (Wildman–Crippen MR) is 90.0 cm³/mol. The van der Waals surface area contributed by atoms with E-state index in [2.05, 4.69) is 20.3 Å². The fourth-order valence-corrected chi connectivity index (χ4v) is 2.29. The molecule has 0 bridgehead atoms. The van der Waals surface area contributed by atoms with E-state index in [1.807, 2.05) is 51.1 Å². The molecule has 0 radical (unpaired) electrons. The van der Waals surface area contributed by atoms with Gasteiger partial charge in [0.05, 0.1) is 0 Å². The van der Waals surface area contributed by atoms with Crippen LogP contribution in [0.4, 0.5) is 0 Å². The van der Waals surface area contributed by atoms with Crippen molar-refractivity contribution in [3.8, 4) is 0 Å². The lowest BCUT2D eigenvalue weighted by Crippen LogP contribution is -2.14. The number of esters is 1. The molecule has 7 heteroatoms. The number of aryl methyl sites for hydroxylation is 1. The third-order valence-corrected chi connectivity index (χ3v) is 3.69. The van der Waals surface area contributed by atoms with Gasteiger partial charge < -0.3 is 9.26 Å². The molecule has 0 aliphatic carbocycles. The highest BCUT2D eigenvalue weighted by Gasteiger charge is 2.27. The lowest BCUT2D eigenvalue weighted by molar-refractivity contribution is 0.0308. The summed E-state index contributed by atoms with van der Waals surface area (Å²) in [7, 11) is 0. The van der Waals surface area contributed by atoms with Crippen LogP contribution < -0.4 is 0 Å². The predicted octanol–water partition coefficient (Wildman–Crippen LogP) is 3.35. The number of nitrogens with one attached hydrogen (secondary N) is 1. The smallest absolute Gasteiger partial charge is 0.359 e. The molecular weight excluding hydrogens is 320 g/mol. The molecule has 3 rings (SSSR count). The Morgan fingerprint density at radius 2 is 1.96 bits per heavy atom. The summed E-state index contributed by atoms with van der Waals surface area (Å²) in [6, 6.07) is 11.0. The third kappa shape index (κ3) is 3.76. The van der Waals surface area contributed by atoms with Crippen molar-refractivity contribution in [2.45, 2.75) is 39.2 Å². The average molecular weight is 340 g/mol. The third-order valence-electron chi connectivity index (χ3n) is 3.69. The van der Waals surface area contributed by atoms with Crippen LogP contribution in [0.3, 0.4) is 0 Å². The molecule has 0 unspecified atom stereocenters. The first-order valence-electron chi connectivity index (χ1n) is 7.96. The minimum Gasteiger partial charge on any atom is -0.442 e. The quantitative estimate of drug-likeness (QED) is 0.732. The second kappa shape index (κ2) is 6.51. The van der Waals surface area contributed by atoms with Crippen molar-refractivity contribution < 1.29 is 14.1 Å². The molecule has 130 valence electrons. The zero-order chi connectivity index (χ0) is 18.0. The molecular formula is C18H20N4O3. The number of nitrogens with zero attached hydrogens (tertiary/aromatic N) is 3. The molecule has 7 nitrogen and oxygen atoms in total. The average Bonchev–Trinajstić information content (AvgIpc) is 3.22. The van der Waals surface area contributed by atoms with E-state index in [9.17, 15) is 4.79 Å². The molecule has 0 saturated heterocycles. The van der Waals surface area contributed by atoms with E-state index < -0.39 is 12.1 Å². The minimum absolute atomic E-state index is 0.145. The number of ether oxygens (including phenoxy) is 1. The van der Waals surface area contributed by atoms with E-state index >= 15 is 0 Å². The van der Waals surface area contributed by atoms with E-state index in [1.54, 1.807) is 13.0 Å². The number of aromatic amines is 1. The van der Waals surface area contributed by atoms with E-state index in [4.69, 9.17) is 9.26 Å². The second-order valence-corrected chi connectivity index (χ2v) is 6.79. The topological polar surface area (TPSA) is 93.9 Å². The molecule has 0 aliphatic heterocycles. The summed E-state index contributed by atoms with van der Waals surface area (Å²) in [4.78, 5) is 16.7. The van der Waals surface area contributed by atoms with Crippen molar-refractivity contribution >= 4 is 5.97 Å². The Bertz CT molecular complexity index is 862. The Morgan fingerprint density at radius 1 is 1.24 bits per heavy atom. The molecule has 2 heterocycles. The maximum Gasteiger partial charge on any atom is 0.359 e. The van der Waals surface area contributed by atoms with Crippen LogP contribution in [0.25, 0.3) is 0 Å². The SMILES string of the molecule is Cc1noc([C@H](OC(=O)c2cc(C(C)(C)C)[nH]n2)c2ccccc2)n1. The Hall–Kier alpha value is -2.96. The highest BCUT2D eigenvalue weighted by Crippen LogP contribution is 2.26. The first-order chi connectivity index (χ1) is 11.8. The van der Waals surface area contributed by atoms with Gasteiger partial charge in [-0.3, -0.25) is 5.10 Å². The lowest BCUT2D eigenvalue weighted by Gasteiger charge is -2.15. The summed E-state index contributed by atoms with van der Waals surface area (Å²) in [6.45, 7) is 7.80. The summed E-state index contributed by atoms with van der Waals surface area (Å²) < 4.78 is 10.8. The Morgan fingerprint density at radius 3 is 2.52 bits per heavy atom. The maximum atomic E-state index is 12.6. The number of rotatable bonds is 4. The molecule has 0 spiro atoms. The van der Waals surface area contributed by atoms with Gasteiger partial charge in [-0.05, 0) is 13.0 Å². The zero-order valence-electron chi connectivity index (χ0n) is 14.6. The van der Waals surface area contributed by atoms with Crippen molar-refractivity contribution in [2.24, 2.45) is 0 Å². The van der Waals surface area contributed by atoms with Crippen LogP contribution in [0.1, 0.15) is 60.3 Å². The molecule has 0 aliphatic rings. The molecule has 2 aromatic heterocycles. The van der Waals surface area contributed by atoms with Crippen molar-refractivity contribution in [1.82, 2.24) is 20.3 Å². The highest BCUT2D eigenvalue weighted by molar-refractivity contribution is 5.87. The number of benzene rings is 1. The lowest BCUT2D eigenvalue weighted by atomic mass is 9.92. The molecule has 0 fully saturated rings. The summed E-state index contributed by atoms with van der Waals surface area (Å²) in [5.74, 6) is 0.141. The summed E-state index contributed by atoms with van der Waals surface area (Å²) in [5.41, 5.74) is 1.66. The van der Waals surface area contributed by atoms with Crippen LogP contribution in [-0.2, 0) is 10.2 Å². The van der Waals surface area contributed by atoms with Gasteiger partial charge in [0.25, 0.3) is 5.89 Å². The van der Waals surface area contributed by atoms with Gasteiger partial charge in [0.15, 0.2) is 11.5 Å². The fourth-order valence-electron chi connectivity index (χ4n) is 2.29. The normalized spacial score (nSPS) is 12.8. The summed E-state index contributed by atoms with van der Waals surface area (Å²) in [5, 5.41) is 10.7. The zero-order valence-corrected chi connectivity index (χ0v) is 14.6. The Kier molecular flexibility index (Phi) is 4.39. The number of hydrogen-bond acceptors (Lipinski definition) is 6. The van der Waals surface area contributed by atoms with Crippen molar-refractivity contribution in [1.29, 1.82) is 0 Å². The van der Waals surface area contributed by atoms with Crippen LogP contribution >= 0.6 is 0 Å². The van der Waals surface area contributed by atoms with Gasteiger partial charge in [0.1, 0.15) is 0 Å². The number of carbonyl (C=O) groups excluding carboxylic acids is 1. The number of carbonyl (C=O) groups is 1. The number of H-pyrrole nitrogens is 1. The summed E-state index contributed by atoms with van der Waals surface area (Å²) in [6.07, 6.45) is -0.787. The van der Waals surface area contributed by atoms with Gasteiger partial charge in [0.2, 0.25) is 6.10 Å². The number of aromatic nitrogens is 4. The minimum atomic E-state index is -0.787. The van der Waals surface area contributed by atoms with Gasteiger partial charge in [-0.2, -0.15) is 10.1 Å². The first kappa shape index (κ1) is 16.9. The van der Waals surface area contributed by atoms with Gasteiger partial charge >= 0.3 is 5.97 Å².